The molecular formula is C28H33N5O5S. The molecule has 1 aliphatic rings. The number of methoxy groups -OCH3 is 2. The van der Waals surface area contributed by atoms with Crippen molar-refractivity contribution in [2.24, 2.45) is 5.10 Å². The summed E-state index contributed by atoms with van der Waals surface area (Å²) in [5.41, 5.74) is 5.35. The Kier molecular flexibility index (Phi) is 9.59. The number of esters is 1. The minimum Gasteiger partial charge on any atom is -0.493 e. The predicted octanol–water partition coefficient (Wildman–Crippen LogP) is 4.94. The number of hydrogen-bond donors (Lipinski definition) is 1. The molecule has 1 saturated carbocycles. The second kappa shape index (κ2) is 13.3. The fourth-order valence-corrected chi connectivity index (χ4v) is 5.30. The molecule has 0 bridgehead atoms. The maximum atomic E-state index is 12.6. The quantitative estimate of drug-likeness (QED) is 0.124. The molecule has 0 radical (unpaired) electrons. The van der Waals surface area contributed by atoms with Crippen molar-refractivity contribution in [2.75, 3.05) is 20.0 Å². The molecule has 10 nitrogen and oxygen atoms in total. The first-order valence-corrected chi connectivity index (χ1v) is 13.8. The van der Waals surface area contributed by atoms with Crippen LogP contribution < -0.4 is 19.6 Å². The number of nitrogens with zero attached hydrogens (tertiary/aromatic N) is 4. The predicted molar refractivity (Wildman–Crippen MR) is 150 cm³/mol. The van der Waals surface area contributed by atoms with Crippen LogP contribution in [0.5, 0.6) is 17.2 Å². The van der Waals surface area contributed by atoms with E-state index in [9.17, 15) is 9.59 Å². The van der Waals surface area contributed by atoms with Crippen LogP contribution in [-0.2, 0) is 9.59 Å². The second-order valence-electron chi connectivity index (χ2n) is 9.26. The van der Waals surface area contributed by atoms with Crippen molar-refractivity contribution >= 4 is 29.9 Å². The summed E-state index contributed by atoms with van der Waals surface area (Å²) >= 11 is 1.35. The van der Waals surface area contributed by atoms with Crippen molar-refractivity contribution in [3.63, 3.8) is 0 Å². The van der Waals surface area contributed by atoms with Crippen LogP contribution in [0, 0.1) is 6.92 Å². The first kappa shape index (κ1) is 28.2. The summed E-state index contributed by atoms with van der Waals surface area (Å²) in [6, 6.07) is 11.8. The topological polar surface area (TPSA) is 117 Å². The molecule has 0 aliphatic heterocycles. The molecule has 0 saturated heterocycles. The Balaban J connectivity index is 1.44. The van der Waals surface area contributed by atoms with Crippen molar-refractivity contribution in [3.8, 4) is 28.6 Å². The fourth-order valence-electron chi connectivity index (χ4n) is 4.50. The van der Waals surface area contributed by atoms with E-state index in [0.717, 1.165) is 29.4 Å². The molecule has 0 unspecified atom stereocenters. The van der Waals surface area contributed by atoms with Crippen LogP contribution in [0.2, 0.25) is 0 Å². The van der Waals surface area contributed by atoms with Crippen LogP contribution in [0.4, 0.5) is 0 Å². The Labute approximate surface area is 232 Å². The van der Waals surface area contributed by atoms with Gasteiger partial charge >= 0.3 is 5.97 Å². The van der Waals surface area contributed by atoms with E-state index >= 15 is 0 Å². The summed E-state index contributed by atoms with van der Waals surface area (Å²) < 4.78 is 18.0. The number of thioether (sulfide) groups is 1. The molecule has 1 amide bonds. The van der Waals surface area contributed by atoms with Gasteiger partial charge in [-0.05, 0) is 31.9 Å². The Hall–Kier alpha value is -3.86. The Morgan fingerprint density at radius 1 is 1.08 bits per heavy atom. The zero-order valence-corrected chi connectivity index (χ0v) is 23.4. The standard InChI is InChI=1S/C28H33N5O5S/c1-18-10-12-21(13-11-18)27-31-32-28(33(27)22-8-6-5-7-9-22)39-17-25(35)30-29-16-20-14-23(36-3)26(38-19(2)34)24(15-20)37-4/h10-16,22H,5-9,17H2,1-4H3,(H,30,35)/b29-16+. The minimum absolute atomic E-state index is 0.133. The van der Waals surface area contributed by atoms with Gasteiger partial charge in [-0.15, -0.1) is 10.2 Å². The molecular weight excluding hydrogens is 518 g/mol. The molecule has 1 aromatic heterocycles. The number of hydrogen-bond acceptors (Lipinski definition) is 9. The van der Waals surface area contributed by atoms with Gasteiger partial charge < -0.3 is 14.2 Å². The number of ether oxygens (including phenoxy) is 3. The monoisotopic (exact) mass is 551 g/mol. The van der Waals surface area contributed by atoms with E-state index in [4.69, 9.17) is 14.2 Å². The van der Waals surface area contributed by atoms with Crippen LogP contribution in [0.1, 0.15) is 56.2 Å². The number of aryl methyl sites for hydroxylation is 1. The number of hydrazone groups is 1. The lowest BCUT2D eigenvalue weighted by atomic mass is 9.95. The number of rotatable bonds is 10. The average molecular weight is 552 g/mol. The highest BCUT2D eigenvalue weighted by Crippen LogP contribution is 2.38. The normalized spacial score (nSPS) is 13.8. The van der Waals surface area contributed by atoms with Crippen molar-refractivity contribution in [3.05, 3.63) is 47.5 Å². The number of carbonyl (C=O) groups is 2. The smallest absolute Gasteiger partial charge is 0.308 e. The van der Waals surface area contributed by atoms with Gasteiger partial charge in [0.25, 0.3) is 5.91 Å². The summed E-state index contributed by atoms with van der Waals surface area (Å²) in [6.45, 7) is 3.35. The summed E-state index contributed by atoms with van der Waals surface area (Å²) in [7, 11) is 2.91. The van der Waals surface area contributed by atoms with Gasteiger partial charge in [0.05, 0.1) is 26.2 Å². The van der Waals surface area contributed by atoms with Gasteiger partial charge in [-0.2, -0.15) is 5.10 Å². The van der Waals surface area contributed by atoms with Crippen molar-refractivity contribution in [1.29, 1.82) is 0 Å². The molecule has 1 N–H and O–H groups in total. The second-order valence-corrected chi connectivity index (χ2v) is 10.2. The number of carbonyl (C=O) groups excluding carboxylic acids is 2. The Morgan fingerprint density at radius 3 is 2.36 bits per heavy atom. The minimum atomic E-state index is -0.497. The molecule has 39 heavy (non-hydrogen) atoms. The van der Waals surface area contributed by atoms with Gasteiger partial charge in [0.1, 0.15) is 0 Å². The van der Waals surface area contributed by atoms with Gasteiger partial charge in [-0.3, -0.25) is 14.2 Å². The molecule has 2 aromatic carbocycles. The van der Waals surface area contributed by atoms with E-state index in [2.05, 4.69) is 56.5 Å². The van der Waals surface area contributed by atoms with Crippen molar-refractivity contribution in [2.45, 2.75) is 57.1 Å². The molecule has 4 rings (SSSR count). The van der Waals surface area contributed by atoms with Crippen LogP contribution in [0.3, 0.4) is 0 Å². The SMILES string of the molecule is COc1cc(/C=N/NC(=O)CSc2nnc(-c3ccc(C)cc3)n2C2CCCCC2)cc(OC)c1OC(C)=O. The molecule has 206 valence electrons. The maximum Gasteiger partial charge on any atom is 0.308 e. The Morgan fingerprint density at radius 2 is 1.74 bits per heavy atom. The van der Waals surface area contributed by atoms with Crippen LogP contribution in [0.25, 0.3) is 11.4 Å². The van der Waals surface area contributed by atoms with E-state index in [1.54, 1.807) is 12.1 Å². The first-order valence-electron chi connectivity index (χ1n) is 12.8. The van der Waals surface area contributed by atoms with Crippen molar-refractivity contribution < 1.29 is 23.8 Å². The van der Waals surface area contributed by atoms with Crippen molar-refractivity contribution in [1.82, 2.24) is 20.2 Å². The highest BCUT2D eigenvalue weighted by Gasteiger charge is 2.24. The van der Waals surface area contributed by atoms with E-state index < -0.39 is 5.97 Å². The van der Waals surface area contributed by atoms with Crippen LogP contribution >= 0.6 is 11.8 Å². The average Bonchev–Trinajstić information content (AvgIpc) is 3.37. The van der Waals surface area contributed by atoms with E-state index in [0.29, 0.717) is 23.1 Å². The van der Waals surface area contributed by atoms with Gasteiger partial charge in [0.2, 0.25) is 5.75 Å². The zero-order chi connectivity index (χ0) is 27.8. The van der Waals surface area contributed by atoms with Gasteiger partial charge in [-0.25, -0.2) is 5.43 Å². The van der Waals surface area contributed by atoms with Gasteiger partial charge in [-0.1, -0.05) is 60.9 Å². The first-order chi connectivity index (χ1) is 18.9. The lowest BCUT2D eigenvalue weighted by Gasteiger charge is -2.25. The third kappa shape index (κ3) is 7.17. The third-order valence-electron chi connectivity index (χ3n) is 6.38. The number of nitrogens with one attached hydrogen (secondary N) is 1. The highest BCUT2D eigenvalue weighted by atomic mass is 32.2. The van der Waals surface area contributed by atoms with Crippen LogP contribution in [-0.4, -0.2) is 52.8 Å². The van der Waals surface area contributed by atoms with Crippen LogP contribution in [0.15, 0.2) is 46.7 Å². The third-order valence-corrected chi connectivity index (χ3v) is 7.32. The summed E-state index contributed by atoms with van der Waals surface area (Å²) in [6.07, 6.45) is 7.20. The molecule has 3 aromatic rings. The van der Waals surface area contributed by atoms with E-state index in [1.165, 1.54) is 63.9 Å². The summed E-state index contributed by atoms with van der Waals surface area (Å²) in [5.74, 6) is 0.984. The number of benzene rings is 2. The molecule has 0 spiro atoms. The number of aromatic nitrogens is 3. The van der Waals surface area contributed by atoms with E-state index in [1.807, 2.05) is 0 Å². The number of amides is 1. The van der Waals surface area contributed by atoms with Gasteiger partial charge in [0, 0.05) is 24.1 Å². The molecule has 0 atom stereocenters. The molecule has 1 aliphatic carbocycles. The lowest BCUT2D eigenvalue weighted by Crippen LogP contribution is -2.20. The maximum absolute atomic E-state index is 12.6. The largest absolute Gasteiger partial charge is 0.493 e. The zero-order valence-electron chi connectivity index (χ0n) is 22.6. The highest BCUT2D eigenvalue weighted by molar-refractivity contribution is 7.99. The summed E-state index contributed by atoms with van der Waals surface area (Å²) in [5, 5.41) is 13.8. The van der Waals surface area contributed by atoms with Gasteiger partial charge in [0.15, 0.2) is 22.5 Å². The fraction of sp³-hybridized carbons (Fsp3) is 0.393. The molecule has 1 heterocycles. The van der Waals surface area contributed by atoms with E-state index in [-0.39, 0.29) is 17.4 Å². The lowest BCUT2D eigenvalue weighted by molar-refractivity contribution is -0.132. The Bertz CT molecular complexity index is 1310. The summed E-state index contributed by atoms with van der Waals surface area (Å²) in [4.78, 5) is 24.0. The molecule has 11 heteroatoms. The molecule has 1 fully saturated rings.